The van der Waals surface area contributed by atoms with Crippen molar-refractivity contribution in [1.82, 2.24) is 9.88 Å². The summed E-state index contributed by atoms with van der Waals surface area (Å²) in [6, 6.07) is 64.4. The van der Waals surface area contributed by atoms with E-state index in [-0.39, 0.29) is 6.17 Å². The van der Waals surface area contributed by atoms with Crippen molar-refractivity contribution in [3.63, 3.8) is 0 Å². The van der Waals surface area contributed by atoms with E-state index in [9.17, 15) is 0 Å². The zero-order chi connectivity index (χ0) is 37.5. The molecule has 268 valence electrons. The van der Waals surface area contributed by atoms with E-state index in [0.29, 0.717) is 5.84 Å². The Balaban J connectivity index is 0.966. The third kappa shape index (κ3) is 5.15. The minimum absolute atomic E-state index is 0.330. The van der Waals surface area contributed by atoms with Gasteiger partial charge in [-0.3, -0.25) is 0 Å². The number of nitrogens with zero attached hydrogens (tertiary/aromatic N) is 3. The quantitative estimate of drug-likeness (QED) is 0.191. The topological polar surface area (TPSA) is 54.8 Å². The number of nitrogens with one attached hydrogen (secondary N) is 1. The lowest BCUT2D eigenvalue weighted by molar-refractivity contribution is 0.663. The summed E-state index contributed by atoms with van der Waals surface area (Å²) in [6.45, 7) is 0. The molecule has 6 heteroatoms. The van der Waals surface area contributed by atoms with E-state index in [0.717, 1.165) is 50.0 Å². The average molecular weight is 749 g/mol. The Morgan fingerprint density at radius 1 is 0.509 bits per heavy atom. The zero-order valence-electron chi connectivity index (χ0n) is 30.6. The fourth-order valence-electron chi connectivity index (χ4n) is 8.61. The Morgan fingerprint density at radius 3 is 1.96 bits per heavy atom. The minimum atomic E-state index is -0.330. The molecule has 11 aromatic rings. The van der Waals surface area contributed by atoms with Gasteiger partial charge in [0, 0.05) is 58.5 Å². The van der Waals surface area contributed by atoms with Gasteiger partial charge in [-0.25, -0.2) is 9.98 Å². The predicted octanol–water partition coefficient (Wildman–Crippen LogP) is 13.2. The first-order valence-electron chi connectivity index (χ1n) is 19.2. The molecule has 1 atom stereocenters. The van der Waals surface area contributed by atoms with Crippen LogP contribution in [0, 0.1) is 0 Å². The van der Waals surface area contributed by atoms with Crippen LogP contribution in [-0.4, -0.2) is 16.2 Å². The smallest absolute Gasteiger partial charge is 0.159 e. The molecule has 0 spiro atoms. The second-order valence-corrected chi connectivity index (χ2v) is 15.7. The zero-order valence-corrected chi connectivity index (χ0v) is 31.4. The molecule has 0 aliphatic carbocycles. The molecule has 5 nitrogen and oxygen atoms in total. The second-order valence-electron chi connectivity index (χ2n) is 14.6. The third-order valence-electron chi connectivity index (χ3n) is 11.3. The van der Waals surface area contributed by atoms with E-state index in [1.807, 2.05) is 47.7 Å². The molecule has 3 aromatic heterocycles. The average Bonchev–Trinajstić information content (AvgIpc) is 3.95. The van der Waals surface area contributed by atoms with E-state index < -0.39 is 0 Å². The van der Waals surface area contributed by atoms with Crippen molar-refractivity contribution in [3.05, 3.63) is 199 Å². The highest BCUT2D eigenvalue weighted by molar-refractivity contribution is 7.26. The van der Waals surface area contributed by atoms with Gasteiger partial charge in [-0.2, -0.15) is 0 Å². The van der Waals surface area contributed by atoms with Crippen molar-refractivity contribution in [3.8, 4) is 16.8 Å². The van der Waals surface area contributed by atoms with Gasteiger partial charge in [0.05, 0.1) is 11.0 Å². The highest BCUT2D eigenvalue weighted by atomic mass is 32.1. The first kappa shape index (κ1) is 32.0. The highest BCUT2D eigenvalue weighted by Gasteiger charge is 2.23. The number of amidine groups is 2. The molecular weight excluding hydrogens is 717 g/mol. The van der Waals surface area contributed by atoms with Crippen LogP contribution in [0.1, 0.15) is 22.9 Å². The number of thiophene rings is 1. The first-order chi connectivity index (χ1) is 28.2. The maximum absolute atomic E-state index is 6.44. The number of para-hydroxylation sites is 2. The summed E-state index contributed by atoms with van der Waals surface area (Å²) in [5.41, 5.74) is 10.7. The van der Waals surface area contributed by atoms with E-state index in [1.54, 1.807) is 0 Å². The Morgan fingerprint density at radius 2 is 1.19 bits per heavy atom. The molecule has 0 saturated carbocycles. The Hall–Kier alpha value is -7.28. The first-order valence-corrected chi connectivity index (χ1v) is 20.0. The fraction of sp³-hybridized carbons (Fsp3) is 0.0196. The maximum atomic E-state index is 6.44. The molecule has 4 heterocycles. The molecule has 0 fully saturated rings. The van der Waals surface area contributed by atoms with Gasteiger partial charge in [0.2, 0.25) is 0 Å². The van der Waals surface area contributed by atoms with Crippen LogP contribution < -0.4 is 5.32 Å². The Bertz CT molecular complexity index is 3390. The van der Waals surface area contributed by atoms with Crippen molar-refractivity contribution in [1.29, 1.82) is 0 Å². The van der Waals surface area contributed by atoms with Crippen molar-refractivity contribution >= 4 is 86.9 Å². The van der Waals surface area contributed by atoms with E-state index in [4.69, 9.17) is 14.4 Å². The summed E-state index contributed by atoms with van der Waals surface area (Å²) in [6.07, 6.45) is -0.330. The van der Waals surface area contributed by atoms with E-state index >= 15 is 0 Å². The van der Waals surface area contributed by atoms with Crippen LogP contribution in [0.4, 0.5) is 0 Å². The fourth-order valence-corrected chi connectivity index (χ4v) is 9.77. The maximum Gasteiger partial charge on any atom is 0.159 e. The molecule has 1 aliphatic rings. The summed E-state index contributed by atoms with van der Waals surface area (Å²) in [4.78, 5) is 10.1. The number of furan rings is 1. The number of rotatable bonds is 5. The lowest BCUT2D eigenvalue weighted by atomic mass is 9.97. The Kier molecular flexibility index (Phi) is 7.09. The largest absolute Gasteiger partial charge is 0.456 e. The second kappa shape index (κ2) is 12.6. The summed E-state index contributed by atoms with van der Waals surface area (Å²) in [5, 5.41) is 10.8. The molecular formula is C51H32N4OS. The van der Waals surface area contributed by atoms with E-state index in [2.05, 4.69) is 155 Å². The SMILES string of the molecule is c1ccc(C2=NC(c3ccc4oc5ccc(-c6cccc7sc8cc(-n9c%10ccccc%10c%10ccccc%109)ccc8c67)cc5c4c3)NC(c3ccccc3)=N2)cc1. The van der Waals surface area contributed by atoms with Gasteiger partial charge in [0.1, 0.15) is 23.2 Å². The number of hydrogen-bond donors (Lipinski definition) is 1. The van der Waals surface area contributed by atoms with Crippen molar-refractivity contribution < 1.29 is 4.42 Å². The lowest BCUT2D eigenvalue weighted by Crippen LogP contribution is -2.33. The standard InChI is InChI=1S/C51H32N4OS/c1-3-12-31(13-4-1)49-52-50(32-14-5-2-6-15-32)54-51(53-49)34-23-27-45-41(29-34)40-28-33(22-26-44(40)56-45)36-18-11-21-46-48(36)39-25-24-35(30-47(39)57-46)55-42-19-9-7-16-37(42)38-17-8-10-20-43(38)55/h1-30,51H,(H,52,53,54). The Labute approximate surface area is 331 Å². The number of fused-ring (bicyclic) bond motifs is 9. The van der Waals surface area contributed by atoms with Crippen LogP contribution in [0.25, 0.3) is 80.7 Å². The molecule has 1 unspecified atom stereocenters. The van der Waals surface area contributed by atoms with Gasteiger partial charge in [-0.15, -0.1) is 11.3 Å². The van der Waals surface area contributed by atoms with Gasteiger partial charge >= 0.3 is 0 Å². The molecule has 12 rings (SSSR count). The highest BCUT2D eigenvalue weighted by Crippen LogP contribution is 2.43. The van der Waals surface area contributed by atoms with Crippen LogP contribution >= 0.6 is 11.3 Å². The molecule has 8 aromatic carbocycles. The molecule has 0 bridgehead atoms. The predicted molar refractivity (Wildman–Crippen MR) is 238 cm³/mol. The van der Waals surface area contributed by atoms with Crippen LogP contribution in [0.3, 0.4) is 0 Å². The number of aliphatic imine (C=N–C) groups is 2. The van der Waals surface area contributed by atoms with Gasteiger partial charge in [0.15, 0.2) is 5.84 Å². The molecule has 1 N–H and O–H groups in total. The van der Waals surface area contributed by atoms with Crippen molar-refractivity contribution in [2.75, 3.05) is 0 Å². The van der Waals surface area contributed by atoms with Gasteiger partial charge < -0.3 is 14.3 Å². The summed E-state index contributed by atoms with van der Waals surface area (Å²) >= 11 is 1.85. The van der Waals surface area contributed by atoms with Crippen LogP contribution in [0.15, 0.2) is 196 Å². The summed E-state index contributed by atoms with van der Waals surface area (Å²) in [7, 11) is 0. The van der Waals surface area contributed by atoms with Crippen LogP contribution in [-0.2, 0) is 0 Å². The normalized spacial score (nSPS) is 14.5. The summed E-state index contributed by atoms with van der Waals surface area (Å²) < 4.78 is 11.4. The number of hydrogen-bond acceptors (Lipinski definition) is 5. The number of benzene rings is 8. The van der Waals surface area contributed by atoms with Gasteiger partial charge in [-0.05, 0) is 71.3 Å². The van der Waals surface area contributed by atoms with Gasteiger partial charge in [0.25, 0.3) is 0 Å². The minimum Gasteiger partial charge on any atom is -0.456 e. The van der Waals surface area contributed by atoms with Gasteiger partial charge in [-0.1, -0.05) is 127 Å². The van der Waals surface area contributed by atoms with Crippen LogP contribution in [0.2, 0.25) is 0 Å². The van der Waals surface area contributed by atoms with E-state index in [1.165, 1.54) is 53.2 Å². The number of aromatic nitrogens is 1. The van der Waals surface area contributed by atoms with Crippen LogP contribution in [0.5, 0.6) is 0 Å². The summed E-state index contributed by atoms with van der Waals surface area (Å²) in [5.74, 6) is 1.50. The molecule has 0 amide bonds. The molecule has 0 radical (unpaired) electrons. The molecule has 1 aliphatic heterocycles. The lowest BCUT2D eigenvalue weighted by Gasteiger charge is -2.23. The molecule has 0 saturated heterocycles. The molecule has 57 heavy (non-hydrogen) atoms. The van der Waals surface area contributed by atoms with Crippen molar-refractivity contribution in [2.24, 2.45) is 9.98 Å². The monoisotopic (exact) mass is 748 g/mol. The van der Waals surface area contributed by atoms with Crippen molar-refractivity contribution in [2.45, 2.75) is 6.17 Å². The third-order valence-corrected chi connectivity index (χ3v) is 12.4.